The molecular weight excluding hydrogens is 348 g/mol. The summed E-state index contributed by atoms with van der Waals surface area (Å²) in [5, 5.41) is 20.9. The van der Waals surface area contributed by atoms with Gasteiger partial charge in [-0.05, 0) is 84.1 Å². The number of rotatable bonds is 3. The van der Waals surface area contributed by atoms with Crippen LogP contribution >= 0.6 is 0 Å². The van der Waals surface area contributed by atoms with E-state index >= 15 is 0 Å². The first-order valence-electron chi connectivity index (χ1n) is 10.7. The lowest BCUT2D eigenvalue weighted by Crippen LogP contribution is -2.44. The summed E-state index contributed by atoms with van der Waals surface area (Å²) in [6, 6.07) is 16.9. The Morgan fingerprint density at radius 1 is 1.07 bits per heavy atom. The van der Waals surface area contributed by atoms with Crippen LogP contribution < -0.4 is 4.74 Å². The first kappa shape index (κ1) is 18.2. The molecule has 0 aliphatic heterocycles. The van der Waals surface area contributed by atoms with E-state index in [0.29, 0.717) is 24.4 Å². The molecule has 6 atom stereocenters. The van der Waals surface area contributed by atoms with Crippen LogP contribution in [0.15, 0.2) is 48.5 Å². The van der Waals surface area contributed by atoms with Crippen LogP contribution in [-0.4, -0.2) is 22.4 Å². The minimum absolute atomic E-state index is 0.114. The Bertz CT molecular complexity index is 848. The summed E-state index contributed by atoms with van der Waals surface area (Å²) in [5.74, 6) is 2.52. The molecule has 2 aromatic carbocycles. The van der Waals surface area contributed by atoms with Gasteiger partial charge in [0.05, 0.1) is 12.2 Å². The molecular formula is C25H30O3. The van der Waals surface area contributed by atoms with Crippen molar-refractivity contribution in [1.29, 1.82) is 0 Å². The van der Waals surface area contributed by atoms with Crippen molar-refractivity contribution < 1.29 is 14.9 Å². The zero-order chi connectivity index (χ0) is 19.3. The van der Waals surface area contributed by atoms with Crippen LogP contribution in [-0.2, 0) is 13.0 Å². The normalized spacial score (nSPS) is 36.3. The molecule has 2 saturated carbocycles. The molecule has 0 aromatic heterocycles. The minimum Gasteiger partial charge on any atom is -0.489 e. The van der Waals surface area contributed by atoms with Gasteiger partial charge < -0.3 is 14.9 Å². The van der Waals surface area contributed by atoms with Gasteiger partial charge in [-0.25, -0.2) is 0 Å². The van der Waals surface area contributed by atoms with Gasteiger partial charge in [-0.3, -0.25) is 0 Å². The molecule has 2 fully saturated rings. The van der Waals surface area contributed by atoms with Gasteiger partial charge in [-0.1, -0.05) is 43.3 Å². The van der Waals surface area contributed by atoms with E-state index in [4.69, 9.17) is 4.74 Å². The number of ether oxygens (including phenoxy) is 1. The van der Waals surface area contributed by atoms with Crippen LogP contribution in [0.1, 0.15) is 55.2 Å². The Morgan fingerprint density at radius 3 is 2.71 bits per heavy atom. The highest BCUT2D eigenvalue weighted by Crippen LogP contribution is 2.60. The van der Waals surface area contributed by atoms with Gasteiger partial charge >= 0.3 is 0 Å². The average molecular weight is 379 g/mol. The highest BCUT2D eigenvalue weighted by molar-refractivity contribution is 5.41. The van der Waals surface area contributed by atoms with Crippen molar-refractivity contribution in [3.8, 4) is 5.75 Å². The Kier molecular flexibility index (Phi) is 4.48. The topological polar surface area (TPSA) is 49.7 Å². The molecule has 28 heavy (non-hydrogen) atoms. The van der Waals surface area contributed by atoms with E-state index in [2.05, 4.69) is 37.3 Å². The lowest BCUT2D eigenvalue weighted by atomic mass is 9.55. The fourth-order valence-electron chi connectivity index (χ4n) is 6.38. The van der Waals surface area contributed by atoms with Crippen molar-refractivity contribution in [2.45, 2.75) is 63.8 Å². The Labute approximate surface area is 167 Å². The molecule has 0 bridgehead atoms. The first-order valence-corrected chi connectivity index (χ1v) is 10.7. The van der Waals surface area contributed by atoms with Crippen LogP contribution in [0.4, 0.5) is 0 Å². The van der Waals surface area contributed by atoms with Crippen LogP contribution in [0.5, 0.6) is 5.75 Å². The largest absolute Gasteiger partial charge is 0.489 e. The second-order valence-corrected chi connectivity index (χ2v) is 9.34. The maximum absolute atomic E-state index is 10.6. The number of fused-ring (bicyclic) bond motifs is 5. The van der Waals surface area contributed by atoms with E-state index in [-0.39, 0.29) is 5.41 Å². The molecule has 5 rings (SSSR count). The van der Waals surface area contributed by atoms with E-state index < -0.39 is 12.2 Å². The third-order valence-electron chi connectivity index (χ3n) is 7.92. The van der Waals surface area contributed by atoms with E-state index in [0.717, 1.165) is 37.9 Å². The molecule has 5 unspecified atom stereocenters. The van der Waals surface area contributed by atoms with Gasteiger partial charge in [0.2, 0.25) is 0 Å². The molecule has 2 N–H and O–H groups in total. The van der Waals surface area contributed by atoms with Crippen LogP contribution in [0.2, 0.25) is 0 Å². The summed E-state index contributed by atoms with van der Waals surface area (Å²) in [6.45, 7) is 2.80. The monoisotopic (exact) mass is 378 g/mol. The molecule has 148 valence electrons. The summed E-state index contributed by atoms with van der Waals surface area (Å²) in [7, 11) is 0. The highest BCUT2D eigenvalue weighted by atomic mass is 16.5. The van der Waals surface area contributed by atoms with Gasteiger partial charge in [0.15, 0.2) is 0 Å². The third kappa shape index (κ3) is 2.87. The second-order valence-electron chi connectivity index (χ2n) is 9.34. The lowest BCUT2D eigenvalue weighted by Gasteiger charge is -2.49. The number of aryl methyl sites for hydroxylation is 1. The van der Waals surface area contributed by atoms with E-state index in [1.807, 2.05) is 18.2 Å². The van der Waals surface area contributed by atoms with E-state index in [9.17, 15) is 10.2 Å². The fourth-order valence-corrected chi connectivity index (χ4v) is 6.38. The van der Waals surface area contributed by atoms with Crippen molar-refractivity contribution in [2.24, 2.45) is 17.3 Å². The molecule has 3 aliphatic rings. The predicted octanol–water partition coefficient (Wildman–Crippen LogP) is 4.45. The Morgan fingerprint density at radius 2 is 1.89 bits per heavy atom. The summed E-state index contributed by atoms with van der Waals surface area (Å²) < 4.78 is 6.04. The van der Waals surface area contributed by atoms with Crippen molar-refractivity contribution in [2.75, 3.05) is 0 Å². The van der Waals surface area contributed by atoms with Gasteiger partial charge in [0, 0.05) is 0 Å². The quantitative estimate of drug-likeness (QED) is 0.829. The maximum atomic E-state index is 10.6. The SMILES string of the molecule is C[C@]12CCC3c4ccc(OCc5ccccc5)cc4CCC3C1CC(O)C2O. The maximum Gasteiger partial charge on any atom is 0.120 e. The lowest BCUT2D eigenvalue weighted by molar-refractivity contribution is -0.0505. The van der Waals surface area contributed by atoms with Crippen molar-refractivity contribution in [3.05, 3.63) is 65.2 Å². The standard InChI is InChI=1S/C25H30O3/c1-25-12-11-20-19-10-8-18(28-15-16-5-3-2-4-6-16)13-17(19)7-9-21(20)22(25)14-23(26)24(25)27/h2-6,8,10,13,20-24,26-27H,7,9,11-12,14-15H2,1H3/t20?,21?,22?,23?,24?,25-/m0/s1. The van der Waals surface area contributed by atoms with Gasteiger partial charge in [-0.2, -0.15) is 0 Å². The molecule has 0 spiro atoms. The number of hydrogen-bond donors (Lipinski definition) is 2. The summed E-state index contributed by atoms with van der Waals surface area (Å²) in [4.78, 5) is 0. The number of aliphatic hydroxyl groups excluding tert-OH is 2. The molecule has 3 heteroatoms. The molecule has 0 radical (unpaired) electrons. The molecule has 3 aliphatic carbocycles. The van der Waals surface area contributed by atoms with E-state index in [1.165, 1.54) is 16.7 Å². The van der Waals surface area contributed by atoms with Crippen LogP contribution in [0.25, 0.3) is 0 Å². The summed E-state index contributed by atoms with van der Waals surface area (Å²) in [6.07, 6.45) is 3.98. The molecule has 2 aromatic rings. The Balaban J connectivity index is 1.35. The predicted molar refractivity (Wildman–Crippen MR) is 109 cm³/mol. The highest BCUT2D eigenvalue weighted by Gasteiger charge is 2.57. The molecule has 0 heterocycles. The Hall–Kier alpha value is -1.84. The minimum atomic E-state index is -0.561. The van der Waals surface area contributed by atoms with Gasteiger partial charge in [0.1, 0.15) is 12.4 Å². The first-order chi connectivity index (χ1) is 13.6. The smallest absolute Gasteiger partial charge is 0.120 e. The molecule has 0 amide bonds. The molecule has 3 nitrogen and oxygen atoms in total. The number of hydrogen-bond acceptors (Lipinski definition) is 3. The zero-order valence-corrected chi connectivity index (χ0v) is 16.6. The number of benzene rings is 2. The molecule has 0 saturated heterocycles. The van der Waals surface area contributed by atoms with E-state index in [1.54, 1.807) is 0 Å². The third-order valence-corrected chi connectivity index (χ3v) is 7.92. The fraction of sp³-hybridized carbons (Fsp3) is 0.520. The summed E-state index contributed by atoms with van der Waals surface area (Å²) in [5.41, 5.74) is 3.97. The van der Waals surface area contributed by atoms with Gasteiger partial charge in [0.25, 0.3) is 0 Å². The van der Waals surface area contributed by atoms with Crippen molar-refractivity contribution >= 4 is 0 Å². The van der Waals surface area contributed by atoms with Crippen molar-refractivity contribution in [1.82, 2.24) is 0 Å². The van der Waals surface area contributed by atoms with Crippen LogP contribution in [0, 0.1) is 17.3 Å². The van der Waals surface area contributed by atoms with Crippen LogP contribution in [0.3, 0.4) is 0 Å². The number of aliphatic hydroxyl groups is 2. The second kappa shape index (κ2) is 6.89. The average Bonchev–Trinajstić information content (AvgIpc) is 2.96. The zero-order valence-electron chi connectivity index (χ0n) is 16.6. The van der Waals surface area contributed by atoms with Gasteiger partial charge in [-0.15, -0.1) is 0 Å². The summed E-state index contributed by atoms with van der Waals surface area (Å²) >= 11 is 0. The van der Waals surface area contributed by atoms with Crippen molar-refractivity contribution in [3.63, 3.8) is 0 Å².